The van der Waals surface area contributed by atoms with E-state index in [2.05, 4.69) is 25.2 Å². The average molecular weight is 238 g/mol. The van der Waals surface area contributed by atoms with Gasteiger partial charge >= 0.3 is 0 Å². The Morgan fingerprint density at radius 2 is 2.00 bits per heavy atom. The molecule has 96 valence electrons. The molecule has 0 amide bonds. The van der Waals surface area contributed by atoms with Crippen molar-refractivity contribution in [3.05, 3.63) is 29.3 Å². The first-order chi connectivity index (χ1) is 8.25. The number of quaternary nitrogens is 1. The van der Waals surface area contributed by atoms with Crippen LogP contribution in [-0.4, -0.2) is 31.4 Å². The van der Waals surface area contributed by atoms with Gasteiger partial charge in [0.25, 0.3) is 0 Å². The average Bonchev–Trinajstić information content (AvgIpc) is 2.33. The van der Waals surface area contributed by atoms with Crippen molar-refractivity contribution in [1.29, 1.82) is 0 Å². The van der Waals surface area contributed by atoms with Gasteiger partial charge < -0.3 is 15.2 Å². The quantitative estimate of drug-likeness (QED) is 0.664. The highest BCUT2D eigenvalue weighted by Crippen LogP contribution is 2.20. The minimum absolute atomic E-state index is 0.263. The third kappa shape index (κ3) is 5.20. The Morgan fingerprint density at radius 1 is 1.18 bits per heavy atom. The fourth-order valence-electron chi connectivity index (χ4n) is 1.69. The van der Waals surface area contributed by atoms with Crippen LogP contribution < -0.4 is 10.1 Å². The number of aliphatic hydroxyl groups is 1. The Balaban J connectivity index is 2.16. The van der Waals surface area contributed by atoms with Gasteiger partial charge in [-0.15, -0.1) is 0 Å². The zero-order valence-electron chi connectivity index (χ0n) is 10.9. The Morgan fingerprint density at radius 3 is 2.76 bits per heavy atom. The van der Waals surface area contributed by atoms with Crippen molar-refractivity contribution in [1.82, 2.24) is 0 Å². The monoisotopic (exact) mass is 238 g/mol. The molecule has 0 aliphatic carbocycles. The molecule has 17 heavy (non-hydrogen) atoms. The van der Waals surface area contributed by atoms with Crippen molar-refractivity contribution in [3.8, 4) is 5.75 Å². The zero-order chi connectivity index (χ0) is 12.5. The molecule has 0 aromatic heterocycles. The van der Waals surface area contributed by atoms with Crippen LogP contribution in [0.3, 0.4) is 0 Å². The molecule has 1 rings (SSSR count). The van der Waals surface area contributed by atoms with Gasteiger partial charge in [-0.1, -0.05) is 12.1 Å². The van der Waals surface area contributed by atoms with E-state index in [0.29, 0.717) is 0 Å². The van der Waals surface area contributed by atoms with Crippen molar-refractivity contribution in [2.24, 2.45) is 0 Å². The van der Waals surface area contributed by atoms with Crippen molar-refractivity contribution < 1.29 is 15.2 Å². The summed E-state index contributed by atoms with van der Waals surface area (Å²) in [5.41, 5.74) is 2.51. The van der Waals surface area contributed by atoms with E-state index in [-0.39, 0.29) is 6.61 Å². The van der Waals surface area contributed by atoms with E-state index in [9.17, 15) is 0 Å². The van der Waals surface area contributed by atoms with Gasteiger partial charge in [0.1, 0.15) is 5.75 Å². The van der Waals surface area contributed by atoms with Gasteiger partial charge in [-0.25, -0.2) is 0 Å². The van der Waals surface area contributed by atoms with E-state index in [1.165, 1.54) is 11.1 Å². The molecular weight excluding hydrogens is 214 g/mol. The number of hydrogen-bond donors (Lipinski definition) is 2. The molecule has 0 unspecified atom stereocenters. The van der Waals surface area contributed by atoms with Crippen LogP contribution in [0, 0.1) is 13.8 Å². The van der Waals surface area contributed by atoms with E-state index in [4.69, 9.17) is 9.84 Å². The molecule has 0 saturated carbocycles. The van der Waals surface area contributed by atoms with Gasteiger partial charge in [0.2, 0.25) is 0 Å². The predicted octanol–water partition coefficient (Wildman–Crippen LogP) is 1.02. The summed E-state index contributed by atoms with van der Waals surface area (Å²) >= 11 is 0. The number of hydrogen-bond acceptors (Lipinski definition) is 2. The summed E-state index contributed by atoms with van der Waals surface area (Å²) in [4.78, 5) is 0. The number of aliphatic hydroxyl groups excluding tert-OH is 1. The highest BCUT2D eigenvalue weighted by molar-refractivity contribution is 5.38. The summed E-state index contributed by atoms with van der Waals surface area (Å²) in [6.07, 6.45) is 2.19. The molecule has 0 atom stereocenters. The number of nitrogens with two attached hydrogens (primary N) is 1. The molecule has 0 fully saturated rings. The number of unbranched alkanes of at least 4 members (excludes halogenated alkanes) is 1. The number of rotatable bonds is 8. The van der Waals surface area contributed by atoms with Crippen LogP contribution in [0.1, 0.15) is 24.0 Å². The molecule has 3 heteroatoms. The van der Waals surface area contributed by atoms with Gasteiger partial charge in [-0.05, 0) is 43.9 Å². The summed E-state index contributed by atoms with van der Waals surface area (Å²) in [7, 11) is 0. The predicted molar refractivity (Wildman–Crippen MR) is 69.4 cm³/mol. The molecule has 0 aliphatic heterocycles. The Bertz CT molecular complexity index is 326. The van der Waals surface area contributed by atoms with Crippen LogP contribution in [0.4, 0.5) is 0 Å². The lowest BCUT2D eigenvalue weighted by molar-refractivity contribution is -0.656. The third-order valence-corrected chi connectivity index (χ3v) is 2.95. The summed E-state index contributed by atoms with van der Waals surface area (Å²) in [5.74, 6) is 1.00. The Kier molecular flexibility index (Phi) is 6.67. The van der Waals surface area contributed by atoms with Crippen molar-refractivity contribution >= 4 is 0 Å². The second kappa shape index (κ2) is 8.09. The zero-order valence-corrected chi connectivity index (χ0v) is 10.9. The van der Waals surface area contributed by atoms with E-state index in [1.54, 1.807) is 0 Å². The van der Waals surface area contributed by atoms with Gasteiger partial charge in [0.15, 0.2) is 0 Å². The van der Waals surface area contributed by atoms with Crippen LogP contribution in [0.5, 0.6) is 5.75 Å². The SMILES string of the molecule is Cc1cccc(OCCCC[NH2+]CCO)c1C. The highest BCUT2D eigenvalue weighted by Gasteiger charge is 2.01. The van der Waals surface area contributed by atoms with Gasteiger partial charge in [0.05, 0.1) is 26.3 Å². The Hall–Kier alpha value is -1.06. The molecule has 0 saturated heterocycles. The van der Waals surface area contributed by atoms with E-state index in [1.807, 2.05) is 12.1 Å². The van der Waals surface area contributed by atoms with Crippen molar-refractivity contribution in [2.75, 3.05) is 26.3 Å². The lowest BCUT2D eigenvalue weighted by atomic mass is 10.1. The fraction of sp³-hybridized carbons (Fsp3) is 0.571. The lowest BCUT2D eigenvalue weighted by Gasteiger charge is -2.10. The van der Waals surface area contributed by atoms with Crippen LogP contribution in [-0.2, 0) is 0 Å². The van der Waals surface area contributed by atoms with Crippen LogP contribution in [0.2, 0.25) is 0 Å². The van der Waals surface area contributed by atoms with E-state index >= 15 is 0 Å². The molecule has 3 nitrogen and oxygen atoms in total. The summed E-state index contributed by atoms with van der Waals surface area (Å²) in [6.45, 7) is 7.11. The molecule has 0 radical (unpaired) electrons. The fourth-order valence-corrected chi connectivity index (χ4v) is 1.69. The van der Waals surface area contributed by atoms with Crippen molar-refractivity contribution in [3.63, 3.8) is 0 Å². The minimum atomic E-state index is 0.263. The normalized spacial score (nSPS) is 10.5. The maximum atomic E-state index is 8.62. The molecule has 0 spiro atoms. The molecule has 1 aromatic carbocycles. The second-order valence-electron chi connectivity index (χ2n) is 4.34. The topological polar surface area (TPSA) is 46.1 Å². The van der Waals surface area contributed by atoms with E-state index < -0.39 is 0 Å². The molecule has 0 bridgehead atoms. The first-order valence-corrected chi connectivity index (χ1v) is 6.37. The number of ether oxygens (including phenoxy) is 1. The first-order valence-electron chi connectivity index (χ1n) is 6.37. The van der Waals surface area contributed by atoms with Crippen LogP contribution >= 0.6 is 0 Å². The molecule has 0 aliphatic rings. The van der Waals surface area contributed by atoms with Gasteiger partial charge in [0, 0.05) is 0 Å². The lowest BCUT2D eigenvalue weighted by Crippen LogP contribution is -2.85. The standard InChI is InChI=1S/C14H23NO2/c1-12-6-5-7-14(13(12)2)17-11-4-3-8-15-9-10-16/h5-7,15-16H,3-4,8-11H2,1-2H3/p+1. The largest absolute Gasteiger partial charge is 0.493 e. The minimum Gasteiger partial charge on any atom is -0.493 e. The Labute approximate surface area is 104 Å². The number of aryl methyl sites for hydroxylation is 1. The molecule has 3 N–H and O–H groups in total. The molecule has 1 aromatic rings. The summed E-state index contributed by atoms with van der Waals surface area (Å²) in [5, 5.41) is 10.8. The highest BCUT2D eigenvalue weighted by atomic mass is 16.5. The van der Waals surface area contributed by atoms with Gasteiger partial charge in [-0.3, -0.25) is 0 Å². The van der Waals surface area contributed by atoms with Crippen LogP contribution in [0.15, 0.2) is 18.2 Å². The third-order valence-electron chi connectivity index (χ3n) is 2.95. The maximum Gasteiger partial charge on any atom is 0.122 e. The van der Waals surface area contributed by atoms with Gasteiger partial charge in [-0.2, -0.15) is 0 Å². The van der Waals surface area contributed by atoms with E-state index in [0.717, 1.165) is 38.3 Å². The molecular formula is C14H24NO2+. The first kappa shape index (κ1) is 14.0. The van der Waals surface area contributed by atoms with Crippen LogP contribution in [0.25, 0.3) is 0 Å². The molecule has 0 heterocycles. The smallest absolute Gasteiger partial charge is 0.122 e. The number of benzene rings is 1. The maximum absolute atomic E-state index is 8.62. The summed E-state index contributed by atoms with van der Waals surface area (Å²) < 4.78 is 5.76. The second-order valence-corrected chi connectivity index (χ2v) is 4.34. The van der Waals surface area contributed by atoms with Crippen molar-refractivity contribution in [2.45, 2.75) is 26.7 Å². The summed E-state index contributed by atoms with van der Waals surface area (Å²) in [6, 6.07) is 6.17.